The number of hydrogen-bond acceptors (Lipinski definition) is 0. The van der Waals surface area contributed by atoms with E-state index in [4.69, 9.17) is 6.42 Å². The summed E-state index contributed by atoms with van der Waals surface area (Å²) in [4.78, 5) is 0. The van der Waals surface area contributed by atoms with Gasteiger partial charge in [-0.1, -0.05) is 18.2 Å². The first-order chi connectivity index (χ1) is 5.93. The van der Waals surface area contributed by atoms with Gasteiger partial charge in [-0.15, -0.1) is 17.7 Å². The van der Waals surface area contributed by atoms with Crippen molar-refractivity contribution in [1.29, 1.82) is 0 Å². The first-order valence-corrected chi connectivity index (χ1v) is 3.28. The Kier molecular flexibility index (Phi) is 10.1. The van der Waals surface area contributed by atoms with E-state index in [2.05, 4.69) is 5.92 Å². The molecule has 0 N–H and O–H groups in total. The van der Waals surface area contributed by atoms with Gasteiger partial charge < -0.3 is 23.7 Å². The number of hydrogen-bond donors (Lipinski definition) is 0. The van der Waals surface area contributed by atoms with Crippen LogP contribution in [0.5, 0.6) is 0 Å². The smallest absolute Gasteiger partial charge is 0.418 e. The fraction of sp³-hybridized carbons (Fsp3) is 0. The van der Waals surface area contributed by atoms with Gasteiger partial charge in [0, 0.05) is 0 Å². The van der Waals surface area contributed by atoms with Gasteiger partial charge >= 0.3 is 58.6 Å². The molecule has 0 bridgehead atoms. The fourth-order valence-corrected chi connectivity index (χ4v) is 0.521. The van der Waals surface area contributed by atoms with E-state index in [0.717, 1.165) is 5.56 Å². The molecule has 0 aliphatic heterocycles. The maximum Gasteiger partial charge on any atom is 1.00 e. The van der Waals surface area contributed by atoms with E-state index in [1.807, 2.05) is 30.3 Å². The Labute approximate surface area is 123 Å². The largest absolute Gasteiger partial charge is 1.00 e. The molecule has 0 saturated carbocycles. The Balaban J connectivity index is 0. The molecular weight excluding hydrogens is 222 g/mol. The van der Waals surface area contributed by atoms with Gasteiger partial charge in [0.15, 0.2) is 0 Å². The topological polar surface area (TPSA) is 0 Å². The minimum Gasteiger partial charge on any atom is -0.418 e. The van der Waals surface area contributed by atoms with Crippen LogP contribution in [0.25, 0.3) is 0 Å². The van der Waals surface area contributed by atoms with E-state index < -0.39 is 7.25 Å². The molecule has 1 aromatic rings. The van der Waals surface area contributed by atoms with Crippen LogP contribution in [0.2, 0.25) is 0 Å². The monoisotopic (exact) mass is 227 g/mol. The molecule has 1 aromatic carbocycles. The summed E-state index contributed by atoms with van der Waals surface area (Å²) < 4.78 is 39.0. The van der Waals surface area contributed by atoms with E-state index in [9.17, 15) is 17.3 Å². The summed E-state index contributed by atoms with van der Waals surface area (Å²) in [6.45, 7) is 0. The summed E-state index contributed by atoms with van der Waals surface area (Å²) in [5.41, 5.74) is 0.826. The molecule has 0 aliphatic carbocycles. The summed E-state index contributed by atoms with van der Waals surface area (Å²) in [5, 5.41) is 0. The van der Waals surface area contributed by atoms with Gasteiger partial charge in [-0.2, -0.15) is 0 Å². The molecule has 0 aromatic heterocycles. The van der Waals surface area contributed by atoms with E-state index in [0.29, 0.717) is 0 Å². The molecule has 0 fully saturated rings. The third-order valence-electron chi connectivity index (χ3n) is 0.918. The second kappa shape index (κ2) is 8.50. The molecule has 14 heavy (non-hydrogen) atoms. The summed E-state index contributed by atoms with van der Waals surface area (Å²) in [6, 6.07) is 9.37. The van der Waals surface area contributed by atoms with Gasteiger partial charge in [-0.3, -0.25) is 5.92 Å². The van der Waals surface area contributed by atoms with E-state index in [1.54, 1.807) is 0 Å². The maximum atomic E-state index is 9.75. The first kappa shape index (κ1) is 16.6. The average Bonchev–Trinajstić information content (AvgIpc) is 2.03. The zero-order valence-corrected chi connectivity index (χ0v) is 10.6. The molecule has 0 aliphatic rings. The van der Waals surface area contributed by atoms with Crippen LogP contribution >= 0.6 is 0 Å². The molecular formula is C8H5BF4K-. The van der Waals surface area contributed by atoms with Crippen LogP contribution in [0, 0.1) is 12.3 Å². The molecule has 0 amide bonds. The first-order valence-electron chi connectivity index (χ1n) is 3.28. The van der Waals surface area contributed by atoms with Gasteiger partial charge in [-0.05, 0) is 0 Å². The van der Waals surface area contributed by atoms with E-state index in [-0.39, 0.29) is 51.4 Å². The van der Waals surface area contributed by atoms with Crippen LogP contribution in [-0.2, 0) is 0 Å². The van der Waals surface area contributed by atoms with Crippen molar-refractivity contribution < 1.29 is 68.6 Å². The molecule has 6 heteroatoms. The van der Waals surface area contributed by atoms with Crippen molar-refractivity contribution in [2.45, 2.75) is 0 Å². The summed E-state index contributed by atoms with van der Waals surface area (Å²) in [7, 11) is -6.00. The molecule has 0 heterocycles. The molecule has 0 spiro atoms. The van der Waals surface area contributed by atoms with Crippen molar-refractivity contribution in [3.05, 3.63) is 42.3 Å². The second-order valence-corrected chi connectivity index (χ2v) is 1.99. The Morgan fingerprint density at radius 2 is 1.36 bits per heavy atom. The van der Waals surface area contributed by atoms with Gasteiger partial charge in [0.2, 0.25) is 0 Å². The fourth-order valence-electron chi connectivity index (χ4n) is 0.521. The molecule has 0 radical (unpaired) electrons. The van der Waals surface area contributed by atoms with Crippen LogP contribution in [-0.4, -0.2) is 7.25 Å². The van der Waals surface area contributed by atoms with Gasteiger partial charge in [-0.25, -0.2) is 0 Å². The summed E-state index contributed by atoms with van der Waals surface area (Å²) >= 11 is 0. The van der Waals surface area contributed by atoms with Crippen molar-refractivity contribution in [1.82, 2.24) is 0 Å². The SMILES string of the molecule is F[B-](F)(F)F.[C-]#Cc1ccccc1.[K+]. The van der Waals surface area contributed by atoms with Gasteiger partial charge in [0.1, 0.15) is 0 Å². The normalized spacial score (nSPS) is 8.79. The van der Waals surface area contributed by atoms with Crippen LogP contribution in [0.4, 0.5) is 17.3 Å². The predicted octanol–water partition coefficient (Wildman–Crippen LogP) is -0.0715. The Bertz CT molecular complexity index is 272. The van der Waals surface area contributed by atoms with E-state index >= 15 is 0 Å². The average molecular weight is 227 g/mol. The molecule has 0 nitrogen and oxygen atoms in total. The molecule has 0 unspecified atom stereocenters. The Morgan fingerprint density at radius 3 is 1.57 bits per heavy atom. The van der Waals surface area contributed by atoms with Crippen molar-refractivity contribution in [3.8, 4) is 5.92 Å². The van der Waals surface area contributed by atoms with Crippen molar-refractivity contribution in [2.75, 3.05) is 0 Å². The standard InChI is InChI=1S/C8H5.BF4.K/c1-2-8-6-4-3-5-7-8;2-1(3,4)5;/h3-7H;;/q2*-1;+1. The summed E-state index contributed by atoms with van der Waals surface area (Å²) in [5.74, 6) is 2.28. The predicted molar refractivity (Wildman–Crippen MR) is 42.9 cm³/mol. The maximum absolute atomic E-state index is 9.75. The zero-order valence-electron chi connectivity index (χ0n) is 7.48. The number of benzene rings is 1. The summed E-state index contributed by atoms with van der Waals surface area (Å²) in [6.07, 6.45) is 6.69. The molecule has 70 valence electrons. The minimum absolute atomic E-state index is 0. The van der Waals surface area contributed by atoms with Crippen molar-refractivity contribution in [2.24, 2.45) is 0 Å². The molecule has 0 saturated heterocycles. The Morgan fingerprint density at radius 1 is 1.00 bits per heavy atom. The van der Waals surface area contributed by atoms with Crippen LogP contribution in [0.15, 0.2) is 30.3 Å². The molecule has 0 atom stereocenters. The van der Waals surface area contributed by atoms with E-state index in [1.165, 1.54) is 0 Å². The second-order valence-electron chi connectivity index (χ2n) is 1.99. The third kappa shape index (κ3) is 14.7. The number of halogens is 4. The quantitative estimate of drug-likeness (QED) is 0.252. The van der Waals surface area contributed by atoms with Crippen molar-refractivity contribution in [3.63, 3.8) is 0 Å². The van der Waals surface area contributed by atoms with Crippen LogP contribution in [0.1, 0.15) is 5.56 Å². The van der Waals surface area contributed by atoms with Gasteiger partial charge in [0.05, 0.1) is 0 Å². The third-order valence-corrected chi connectivity index (χ3v) is 0.918. The zero-order chi connectivity index (χ0) is 10.3. The minimum atomic E-state index is -6.00. The van der Waals surface area contributed by atoms with Crippen molar-refractivity contribution >= 4 is 7.25 Å². The van der Waals surface area contributed by atoms with Gasteiger partial charge in [0.25, 0.3) is 0 Å². The molecule has 1 rings (SSSR count). The Hall–Kier alpha value is 0.201. The van der Waals surface area contributed by atoms with Crippen LogP contribution in [0.3, 0.4) is 0 Å². The van der Waals surface area contributed by atoms with Crippen LogP contribution < -0.4 is 51.4 Å². The number of rotatable bonds is 0.